The number of halogens is 1. The Bertz CT molecular complexity index is 504. The highest BCUT2D eigenvalue weighted by molar-refractivity contribution is 6.21. The summed E-state index contributed by atoms with van der Waals surface area (Å²) in [5.41, 5.74) is 0. The van der Waals surface area contributed by atoms with Gasteiger partial charge in [0.2, 0.25) is 6.29 Å². The van der Waals surface area contributed by atoms with E-state index in [0.29, 0.717) is 0 Å². The molecule has 0 saturated carbocycles. The fourth-order valence-corrected chi connectivity index (χ4v) is 2.49. The lowest BCUT2D eigenvalue weighted by Crippen LogP contribution is -2.60. The number of hydrogen-bond donors (Lipinski definition) is 0. The zero-order chi connectivity index (χ0) is 18.4. The third-order valence-corrected chi connectivity index (χ3v) is 3.41. The Morgan fingerprint density at radius 3 is 1.79 bits per heavy atom. The summed E-state index contributed by atoms with van der Waals surface area (Å²) in [7, 11) is 0. The van der Waals surface area contributed by atoms with Crippen LogP contribution in [0.4, 0.5) is 0 Å². The zero-order valence-corrected chi connectivity index (χ0v) is 14.4. The summed E-state index contributed by atoms with van der Waals surface area (Å²) in [5, 5.41) is -1.09. The molecule has 0 aromatic carbocycles. The van der Waals surface area contributed by atoms with Gasteiger partial charge in [-0.2, -0.15) is 0 Å². The molecular weight excluding hydrogens is 348 g/mol. The molecule has 10 heteroatoms. The molecule has 1 heterocycles. The van der Waals surface area contributed by atoms with Crippen molar-refractivity contribution in [1.82, 2.24) is 0 Å². The molecule has 1 aliphatic rings. The standard InChI is InChI=1S/C14H19ClO9/c1-6(16)20-5-10-12(21-7(2)17)11(15)13(22-8(3)18)14(24-10)23-9(4)19/h10-14H,5H2,1-4H3/t10-,11+,12-,13-,14?/m1/s1. The Morgan fingerprint density at radius 1 is 0.833 bits per heavy atom. The summed E-state index contributed by atoms with van der Waals surface area (Å²) in [6.07, 6.45) is -4.62. The van der Waals surface area contributed by atoms with Crippen molar-refractivity contribution >= 4 is 35.5 Å². The van der Waals surface area contributed by atoms with Gasteiger partial charge in [-0.15, -0.1) is 11.6 Å². The van der Waals surface area contributed by atoms with Crippen LogP contribution in [0.25, 0.3) is 0 Å². The van der Waals surface area contributed by atoms with Gasteiger partial charge in [-0.3, -0.25) is 19.2 Å². The van der Waals surface area contributed by atoms with Gasteiger partial charge in [0.1, 0.15) is 18.1 Å². The van der Waals surface area contributed by atoms with Gasteiger partial charge in [0, 0.05) is 27.7 Å². The average molecular weight is 367 g/mol. The molecule has 0 N–H and O–H groups in total. The van der Waals surface area contributed by atoms with Crippen molar-refractivity contribution in [3.63, 3.8) is 0 Å². The van der Waals surface area contributed by atoms with E-state index in [1.807, 2.05) is 0 Å². The predicted octanol–water partition coefficient (Wildman–Crippen LogP) is 0.308. The smallest absolute Gasteiger partial charge is 0.305 e. The number of alkyl halides is 1. The van der Waals surface area contributed by atoms with E-state index in [1.165, 1.54) is 6.92 Å². The molecule has 1 rings (SSSR count). The zero-order valence-electron chi connectivity index (χ0n) is 13.6. The highest BCUT2D eigenvalue weighted by Crippen LogP contribution is 2.31. The number of rotatable bonds is 5. The maximum atomic E-state index is 11.3. The van der Waals surface area contributed by atoms with Crippen molar-refractivity contribution < 1.29 is 42.9 Å². The van der Waals surface area contributed by atoms with Crippen LogP contribution in [0, 0.1) is 0 Å². The molecule has 1 fully saturated rings. The Morgan fingerprint density at radius 2 is 1.33 bits per heavy atom. The molecule has 1 unspecified atom stereocenters. The Hall–Kier alpha value is -1.87. The van der Waals surface area contributed by atoms with E-state index in [-0.39, 0.29) is 6.61 Å². The number of hydrogen-bond acceptors (Lipinski definition) is 9. The maximum Gasteiger partial charge on any atom is 0.305 e. The van der Waals surface area contributed by atoms with Crippen molar-refractivity contribution in [2.24, 2.45) is 0 Å². The molecule has 0 aliphatic carbocycles. The van der Waals surface area contributed by atoms with E-state index >= 15 is 0 Å². The van der Waals surface area contributed by atoms with Gasteiger partial charge in [0.25, 0.3) is 0 Å². The van der Waals surface area contributed by atoms with Crippen molar-refractivity contribution in [3.8, 4) is 0 Å². The lowest BCUT2D eigenvalue weighted by molar-refractivity contribution is -0.268. The van der Waals surface area contributed by atoms with Crippen LogP contribution < -0.4 is 0 Å². The molecular formula is C14H19ClO9. The van der Waals surface area contributed by atoms with E-state index < -0.39 is 53.9 Å². The second-order valence-electron chi connectivity index (χ2n) is 5.05. The molecule has 1 saturated heterocycles. The third kappa shape index (κ3) is 5.97. The second kappa shape index (κ2) is 8.84. The molecule has 0 amide bonds. The summed E-state index contributed by atoms with van der Waals surface area (Å²) in [4.78, 5) is 44.8. The SMILES string of the molecule is CC(=O)OC[C@H]1OC(OC(C)=O)[C@H](OC(C)=O)[C@@H](Cl)[C@@H]1OC(C)=O. The molecule has 0 spiro atoms. The van der Waals surface area contributed by atoms with Crippen LogP contribution >= 0.6 is 11.6 Å². The van der Waals surface area contributed by atoms with Gasteiger partial charge < -0.3 is 23.7 Å². The fourth-order valence-electron chi connectivity index (χ4n) is 2.11. The first kappa shape index (κ1) is 20.2. The largest absolute Gasteiger partial charge is 0.463 e. The summed E-state index contributed by atoms with van der Waals surface area (Å²) in [5.74, 6) is -2.63. The van der Waals surface area contributed by atoms with Crippen molar-refractivity contribution in [3.05, 3.63) is 0 Å². The van der Waals surface area contributed by atoms with Gasteiger partial charge >= 0.3 is 23.9 Å². The number of carbonyl (C=O) groups excluding carboxylic acids is 4. The molecule has 0 aromatic rings. The highest BCUT2D eigenvalue weighted by Gasteiger charge is 2.50. The van der Waals surface area contributed by atoms with E-state index in [2.05, 4.69) is 0 Å². The Kier molecular flexibility index (Phi) is 7.43. The quantitative estimate of drug-likeness (QED) is 0.385. The van der Waals surface area contributed by atoms with Crippen LogP contribution in [0.3, 0.4) is 0 Å². The lowest BCUT2D eigenvalue weighted by atomic mass is 10.0. The normalized spacial score (nSPS) is 29.3. The third-order valence-electron chi connectivity index (χ3n) is 2.91. The number of ether oxygens (including phenoxy) is 5. The van der Waals surface area contributed by atoms with Gasteiger partial charge in [0.15, 0.2) is 12.2 Å². The van der Waals surface area contributed by atoms with E-state index in [1.54, 1.807) is 0 Å². The van der Waals surface area contributed by atoms with Crippen molar-refractivity contribution in [2.75, 3.05) is 6.61 Å². The first-order valence-corrected chi connectivity index (χ1v) is 7.50. The minimum absolute atomic E-state index is 0.291. The van der Waals surface area contributed by atoms with E-state index in [0.717, 1.165) is 20.8 Å². The first-order chi connectivity index (χ1) is 11.1. The van der Waals surface area contributed by atoms with Crippen LogP contribution in [-0.4, -0.2) is 60.5 Å². The molecule has 0 aromatic heterocycles. The predicted molar refractivity (Wildman–Crippen MR) is 77.8 cm³/mol. The monoisotopic (exact) mass is 366 g/mol. The van der Waals surface area contributed by atoms with Crippen molar-refractivity contribution in [2.45, 2.75) is 57.7 Å². The van der Waals surface area contributed by atoms with Crippen LogP contribution in [0.5, 0.6) is 0 Å². The van der Waals surface area contributed by atoms with Gasteiger partial charge in [-0.05, 0) is 0 Å². The van der Waals surface area contributed by atoms with Crippen LogP contribution in [0.2, 0.25) is 0 Å². The minimum atomic E-state index is -1.33. The van der Waals surface area contributed by atoms with Crippen molar-refractivity contribution in [1.29, 1.82) is 0 Å². The fraction of sp³-hybridized carbons (Fsp3) is 0.714. The number of esters is 4. The average Bonchev–Trinajstić information content (AvgIpc) is 2.42. The van der Waals surface area contributed by atoms with E-state index in [9.17, 15) is 19.2 Å². The number of carbonyl (C=O) groups is 4. The highest BCUT2D eigenvalue weighted by atomic mass is 35.5. The minimum Gasteiger partial charge on any atom is -0.463 e. The Labute approximate surface area is 143 Å². The Balaban J connectivity index is 3.04. The van der Waals surface area contributed by atoms with Crippen LogP contribution in [-0.2, 0) is 42.9 Å². The molecule has 9 nitrogen and oxygen atoms in total. The molecule has 1 aliphatic heterocycles. The summed E-state index contributed by atoms with van der Waals surface area (Å²) in [6.45, 7) is 4.33. The lowest BCUT2D eigenvalue weighted by Gasteiger charge is -2.42. The summed E-state index contributed by atoms with van der Waals surface area (Å²) < 4.78 is 25.4. The maximum absolute atomic E-state index is 11.3. The van der Waals surface area contributed by atoms with Gasteiger partial charge in [-0.1, -0.05) is 0 Å². The second-order valence-corrected chi connectivity index (χ2v) is 5.55. The van der Waals surface area contributed by atoms with Gasteiger partial charge in [-0.25, -0.2) is 0 Å². The molecule has 24 heavy (non-hydrogen) atoms. The van der Waals surface area contributed by atoms with Crippen LogP contribution in [0.1, 0.15) is 27.7 Å². The molecule has 136 valence electrons. The first-order valence-electron chi connectivity index (χ1n) is 7.06. The molecule has 0 bridgehead atoms. The topological polar surface area (TPSA) is 114 Å². The molecule has 0 radical (unpaired) electrons. The molecule has 5 atom stereocenters. The van der Waals surface area contributed by atoms with Gasteiger partial charge in [0.05, 0.1) is 0 Å². The summed E-state index contributed by atoms with van der Waals surface area (Å²) in [6, 6.07) is 0. The summed E-state index contributed by atoms with van der Waals surface area (Å²) >= 11 is 6.26. The van der Waals surface area contributed by atoms with Crippen LogP contribution in [0.15, 0.2) is 0 Å². The van der Waals surface area contributed by atoms with E-state index in [4.69, 9.17) is 35.3 Å².